The molecule has 0 radical (unpaired) electrons. The maximum Gasteiger partial charge on any atom is 0.269 e. The molecule has 0 spiro atoms. The van der Waals surface area contributed by atoms with Gasteiger partial charge in [-0.3, -0.25) is 14.9 Å². The number of non-ortho nitro benzene ring substituents is 1. The highest BCUT2D eigenvalue weighted by atomic mass is 16.6. The lowest BCUT2D eigenvalue weighted by Crippen LogP contribution is -2.36. The number of nitro benzene ring substituents is 1. The number of carbonyl (C=O) groups is 1. The molecule has 1 atom stereocenters. The van der Waals surface area contributed by atoms with Crippen LogP contribution in [0.2, 0.25) is 0 Å². The number of hydrogen-bond acceptors (Lipinski definition) is 4. The van der Waals surface area contributed by atoms with E-state index in [1.807, 2.05) is 0 Å². The van der Waals surface area contributed by atoms with Crippen molar-refractivity contribution in [3.63, 3.8) is 0 Å². The molecule has 0 aliphatic carbocycles. The zero-order chi connectivity index (χ0) is 12.4. The van der Waals surface area contributed by atoms with Gasteiger partial charge in [-0.25, -0.2) is 0 Å². The molecule has 17 heavy (non-hydrogen) atoms. The van der Waals surface area contributed by atoms with E-state index < -0.39 is 4.92 Å². The van der Waals surface area contributed by atoms with Gasteiger partial charge in [0.25, 0.3) is 5.69 Å². The summed E-state index contributed by atoms with van der Waals surface area (Å²) in [7, 11) is 1.75. The Hall–Kier alpha value is -1.95. The Morgan fingerprint density at radius 3 is 2.53 bits per heavy atom. The molecule has 1 aliphatic heterocycles. The minimum atomic E-state index is -0.452. The minimum Gasteiger partial charge on any atom is -0.311 e. The van der Waals surface area contributed by atoms with Gasteiger partial charge in [0.2, 0.25) is 5.91 Å². The van der Waals surface area contributed by atoms with Gasteiger partial charge >= 0.3 is 0 Å². The number of carbonyl (C=O) groups excluding carboxylic acids is 1. The summed E-state index contributed by atoms with van der Waals surface area (Å²) in [4.78, 5) is 23.6. The van der Waals surface area contributed by atoms with E-state index in [2.05, 4.69) is 5.32 Å². The lowest BCUT2D eigenvalue weighted by Gasteiger charge is -2.16. The third kappa shape index (κ3) is 2.12. The van der Waals surface area contributed by atoms with Crippen molar-refractivity contribution in [2.45, 2.75) is 12.5 Å². The first-order chi connectivity index (χ1) is 8.13. The molecule has 90 valence electrons. The summed E-state index contributed by atoms with van der Waals surface area (Å²) in [6, 6.07) is 5.89. The van der Waals surface area contributed by atoms with Crippen LogP contribution in [0.15, 0.2) is 24.3 Å². The van der Waals surface area contributed by atoms with Crippen molar-refractivity contribution in [1.82, 2.24) is 5.32 Å². The van der Waals surface area contributed by atoms with E-state index in [0.29, 0.717) is 12.2 Å². The Balaban J connectivity index is 2.18. The molecule has 6 nitrogen and oxygen atoms in total. The number of nitrogens with one attached hydrogen (secondary N) is 1. The van der Waals surface area contributed by atoms with Gasteiger partial charge in [0.15, 0.2) is 0 Å². The Morgan fingerprint density at radius 2 is 2.06 bits per heavy atom. The second-order valence-electron chi connectivity index (χ2n) is 3.89. The van der Waals surface area contributed by atoms with Crippen molar-refractivity contribution in [3.05, 3.63) is 34.4 Å². The van der Waals surface area contributed by atoms with Gasteiger partial charge in [-0.05, 0) is 25.6 Å². The first kappa shape index (κ1) is 11.5. The second-order valence-corrected chi connectivity index (χ2v) is 3.89. The van der Waals surface area contributed by atoms with E-state index in [-0.39, 0.29) is 17.6 Å². The zero-order valence-electron chi connectivity index (χ0n) is 9.42. The quantitative estimate of drug-likeness (QED) is 0.624. The third-order valence-corrected chi connectivity index (χ3v) is 2.93. The van der Waals surface area contributed by atoms with Gasteiger partial charge in [-0.1, -0.05) is 0 Å². The number of benzene rings is 1. The molecule has 0 bridgehead atoms. The van der Waals surface area contributed by atoms with E-state index in [4.69, 9.17) is 0 Å². The third-order valence-electron chi connectivity index (χ3n) is 2.93. The molecule has 6 heteroatoms. The molecule has 1 amide bonds. The first-order valence-corrected chi connectivity index (χ1v) is 5.36. The van der Waals surface area contributed by atoms with Crippen LogP contribution in [0.25, 0.3) is 0 Å². The lowest BCUT2D eigenvalue weighted by atomic mass is 10.2. The number of likely N-dealkylation sites (N-methyl/N-ethyl adjacent to an activating group) is 1. The number of anilines is 1. The van der Waals surface area contributed by atoms with Crippen LogP contribution in [0.4, 0.5) is 11.4 Å². The maximum absolute atomic E-state index is 11.9. The van der Waals surface area contributed by atoms with Crippen molar-refractivity contribution in [1.29, 1.82) is 0 Å². The Bertz CT molecular complexity index is 444. The summed E-state index contributed by atoms with van der Waals surface area (Å²) >= 11 is 0. The monoisotopic (exact) mass is 235 g/mol. The Morgan fingerprint density at radius 1 is 1.41 bits per heavy atom. The van der Waals surface area contributed by atoms with Crippen LogP contribution in [-0.2, 0) is 4.79 Å². The molecule has 1 aliphatic rings. The maximum atomic E-state index is 11.9. The van der Waals surface area contributed by atoms with Crippen LogP contribution < -0.4 is 10.2 Å². The molecule has 0 saturated carbocycles. The molecule has 1 fully saturated rings. The zero-order valence-corrected chi connectivity index (χ0v) is 9.42. The van der Waals surface area contributed by atoms with Crippen LogP contribution in [0.1, 0.15) is 6.42 Å². The van der Waals surface area contributed by atoms with E-state index in [1.165, 1.54) is 12.1 Å². The SMILES string of the molecule is CNC1CCN(c2ccc([N+](=O)[O-])cc2)C1=O. The number of hydrogen-bond donors (Lipinski definition) is 1. The average molecular weight is 235 g/mol. The van der Waals surface area contributed by atoms with Gasteiger partial charge in [0, 0.05) is 24.4 Å². The van der Waals surface area contributed by atoms with Crippen LogP contribution in [0.5, 0.6) is 0 Å². The normalized spacial score (nSPS) is 19.7. The van der Waals surface area contributed by atoms with Crippen LogP contribution in [0, 0.1) is 10.1 Å². The topological polar surface area (TPSA) is 75.5 Å². The molecular weight excluding hydrogens is 222 g/mol. The highest BCUT2D eigenvalue weighted by Gasteiger charge is 2.31. The first-order valence-electron chi connectivity index (χ1n) is 5.36. The second kappa shape index (κ2) is 4.50. The fraction of sp³-hybridized carbons (Fsp3) is 0.364. The molecule has 1 aromatic rings. The Labute approximate surface area is 98.4 Å². The summed E-state index contributed by atoms with van der Waals surface area (Å²) in [6.07, 6.45) is 0.756. The molecule has 1 aromatic carbocycles. The van der Waals surface area contributed by atoms with Crippen molar-refractivity contribution in [2.75, 3.05) is 18.5 Å². The fourth-order valence-corrected chi connectivity index (χ4v) is 1.96. The Kier molecular flexibility index (Phi) is 3.06. The van der Waals surface area contributed by atoms with E-state index >= 15 is 0 Å². The molecule has 1 unspecified atom stereocenters. The highest BCUT2D eigenvalue weighted by molar-refractivity contribution is 5.99. The largest absolute Gasteiger partial charge is 0.311 e. The van der Waals surface area contributed by atoms with E-state index in [1.54, 1.807) is 24.1 Å². The van der Waals surface area contributed by atoms with Gasteiger partial charge < -0.3 is 10.2 Å². The molecule has 1 saturated heterocycles. The average Bonchev–Trinajstić information content (AvgIpc) is 2.70. The summed E-state index contributed by atoms with van der Waals surface area (Å²) in [5.41, 5.74) is 0.740. The molecule has 1 N–H and O–H groups in total. The van der Waals surface area contributed by atoms with Gasteiger partial charge in [-0.2, -0.15) is 0 Å². The molecule has 2 rings (SSSR count). The van der Waals surface area contributed by atoms with Crippen molar-refractivity contribution < 1.29 is 9.72 Å². The van der Waals surface area contributed by atoms with E-state index in [0.717, 1.165) is 6.42 Å². The standard InChI is InChI=1S/C11H13N3O3/c1-12-10-6-7-13(11(10)15)8-2-4-9(5-3-8)14(16)17/h2-5,10,12H,6-7H2,1H3. The van der Waals surface area contributed by atoms with Crippen LogP contribution in [0.3, 0.4) is 0 Å². The van der Waals surface area contributed by atoms with Gasteiger partial charge in [0.05, 0.1) is 11.0 Å². The van der Waals surface area contributed by atoms with Gasteiger partial charge in [0.1, 0.15) is 0 Å². The number of nitrogens with zero attached hydrogens (tertiary/aromatic N) is 2. The van der Waals surface area contributed by atoms with E-state index in [9.17, 15) is 14.9 Å². The van der Waals surface area contributed by atoms with Gasteiger partial charge in [-0.15, -0.1) is 0 Å². The summed E-state index contributed by atoms with van der Waals surface area (Å²) < 4.78 is 0. The summed E-state index contributed by atoms with van der Waals surface area (Å²) in [5, 5.41) is 13.5. The highest BCUT2D eigenvalue weighted by Crippen LogP contribution is 2.23. The summed E-state index contributed by atoms with van der Waals surface area (Å²) in [6.45, 7) is 0.641. The molecule has 1 heterocycles. The predicted octanol–water partition coefficient (Wildman–Crippen LogP) is 0.919. The number of rotatable bonds is 3. The van der Waals surface area contributed by atoms with Crippen molar-refractivity contribution >= 4 is 17.3 Å². The van der Waals surface area contributed by atoms with Crippen LogP contribution >= 0.6 is 0 Å². The van der Waals surface area contributed by atoms with Crippen LogP contribution in [-0.4, -0.2) is 30.5 Å². The molecular formula is C11H13N3O3. The smallest absolute Gasteiger partial charge is 0.269 e. The number of nitro groups is 1. The van der Waals surface area contributed by atoms with Crippen molar-refractivity contribution in [2.24, 2.45) is 0 Å². The lowest BCUT2D eigenvalue weighted by molar-refractivity contribution is -0.384. The predicted molar refractivity (Wildman–Crippen MR) is 62.9 cm³/mol. The number of amides is 1. The van der Waals surface area contributed by atoms with Crippen molar-refractivity contribution in [3.8, 4) is 0 Å². The fourth-order valence-electron chi connectivity index (χ4n) is 1.96. The minimum absolute atomic E-state index is 0.0151. The summed E-state index contributed by atoms with van der Waals surface area (Å²) in [5.74, 6) is 0.0151. The molecule has 0 aromatic heterocycles.